The molecule has 1 saturated heterocycles. The summed E-state index contributed by atoms with van der Waals surface area (Å²) in [6.45, 7) is 5.89. The van der Waals surface area contributed by atoms with Gasteiger partial charge in [0.1, 0.15) is 0 Å². The second kappa shape index (κ2) is 12.7. The highest BCUT2D eigenvalue weighted by atomic mass is 14.9. The molecule has 0 radical (unpaired) electrons. The Morgan fingerprint density at radius 3 is 2.10 bits per heavy atom. The molecule has 0 amide bonds. The van der Waals surface area contributed by atoms with Gasteiger partial charge in [0.05, 0.1) is 0 Å². The Morgan fingerprint density at radius 1 is 0.850 bits per heavy atom. The Balaban J connectivity index is 2.11. The predicted molar refractivity (Wildman–Crippen MR) is 91.3 cm³/mol. The van der Waals surface area contributed by atoms with Crippen molar-refractivity contribution in [2.24, 2.45) is 5.92 Å². The second-order valence-electron chi connectivity index (χ2n) is 6.95. The zero-order valence-electron chi connectivity index (χ0n) is 14.3. The third-order valence-corrected chi connectivity index (χ3v) is 4.96. The average Bonchev–Trinajstić information content (AvgIpc) is 2.95. The molecule has 1 unspecified atom stereocenters. The van der Waals surface area contributed by atoms with Crippen molar-refractivity contribution in [3.8, 4) is 0 Å². The van der Waals surface area contributed by atoms with E-state index >= 15 is 0 Å². The van der Waals surface area contributed by atoms with Crippen molar-refractivity contribution in [1.82, 2.24) is 5.32 Å². The number of hydrogen-bond acceptors (Lipinski definition) is 1. The van der Waals surface area contributed by atoms with E-state index in [1.54, 1.807) is 0 Å². The van der Waals surface area contributed by atoms with Crippen molar-refractivity contribution in [3.63, 3.8) is 0 Å². The van der Waals surface area contributed by atoms with E-state index in [9.17, 15) is 0 Å². The minimum absolute atomic E-state index is 0.849. The summed E-state index contributed by atoms with van der Waals surface area (Å²) >= 11 is 0. The van der Waals surface area contributed by atoms with Gasteiger partial charge >= 0.3 is 0 Å². The summed E-state index contributed by atoms with van der Waals surface area (Å²) in [5.41, 5.74) is 0. The zero-order chi connectivity index (χ0) is 14.5. The highest BCUT2D eigenvalue weighted by Crippen LogP contribution is 2.25. The van der Waals surface area contributed by atoms with Crippen molar-refractivity contribution in [2.75, 3.05) is 6.54 Å². The van der Waals surface area contributed by atoms with Gasteiger partial charge in [-0.3, -0.25) is 0 Å². The summed E-state index contributed by atoms with van der Waals surface area (Å²) < 4.78 is 0. The normalized spacial score (nSPS) is 20.4. The SMILES string of the molecule is CCCCCCCCC(CCCCC)C[C@H]1CCCN1. The molecule has 1 nitrogen and oxygen atoms in total. The Bertz CT molecular complexity index is 196. The maximum Gasteiger partial charge on any atom is 0.00701 e. The first kappa shape index (κ1) is 18.0. The van der Waals surface area contributed by atoms with Crippen molar-refractivity contribution in [1.29, 1.82) is 0 Å². The molecular weight excluding hydrogens is 242 g/mol. The Morgan fingerprint density at radius 2 is 1.45 bits per heavy atom. The molecule has 1 fully saturated rings. The quantitative estimate of drug-likeness (QED) is 0.404. The van der Waals surface area contributed by atoms with E-state index in [1.165, 1.54) is 96.4 Å². The smallest absolute Gasteiger partial charge is 0.00701 e. The molecule has 1 rings (SSSR count). The topological polar surface area (TPSA) is 12.0 Å². The van der Waals surface area contributed by atoms with Gasteiger partial charge in [-0.2, -0.15) is 0 Å². The van der Waals surface area contributed by atoms with Gasteiger partial charge in [-0.05, 0) is 31.7 Å². The first-order valence-electron chi connectivity index (χ1n) is 9.60. The molecule has 1 heterocycles. The van der Waals surface area contributed by atoms with Crippen LogP contribution >= 0.6 is 0 Å². The van der Waals surface area contributed by atoms with Gasteiger partial charge in [0.15, 0.2) is 0 Å². The van der Waals surface area contributed by atoms with E-state index in [0.717, 1.165) is 12.0 Å². The van der Waals surface area contributed by atoms with Crippen LogP contribution in [0.3, 0.4) is 0 Å². The Hall–Kier alpha value is -0.0400. The average molecular weight is 282 g/mol. The molecule has 0 aliphatic carbocycles. The van der Waals surface area contributed by atoms with Gasteiger partial charge in [0.2, 0.25) is 0 Å². The maximum atomic E-state index is 3.70. The van der Waals surface area contributed by atoms with Gasteiger partial charge in [-0.1, -0.05) is 84.5 Å². The predicted octanol–water partition coefficient (Wildman–Crippen LogP) is 6.08. The minimum atomic E-state index is 0.849. The monoisotopic (exact) mass is 281 g/mol. The lowest BCUT2D eigenvalue weighted by molar-refractivity contribution is 0.343. The molecule has 0 aromatic carbocycles. The van der Waals surface area contributed by atoms with Gasteiger partial charge in [-0.25, -0.2) is 0 Å². The van der Waals surface area contributed by atoms with Crippen LogP contribution in [0.25, 0.3) is 0 Å². The van der Waals surface area contributed by atoms with Crippen molar-refractivity contribution < 1.29 is 0 Å². The molecule has 0 spiro atoms. The van der Waals surface area contributed by atoms with Crippen molar-refractivity contribution >= 4 is 0 Å². The van der Waals surface area contributed by atoms with Crippen LogP contribution in [-0.2, 0) is 0 Å². The third kappa shape index (κ3) is 9.00. The summed E-state index contributed by atoms with van der Waals surface area (Å²) in [6, 6.07) is 0.849. The Labute approximate surface area is 128 Å². The highest BCUT2D eigenvalue weighted by molar-refractivity contribution is 4.77. The lowest BCUT2D eigenvalue weighted by Crippen LogP contribution is -2.24. The van der Waals surface area contributed by atoms with E-state index in [4.69, 9.17) is 0 Å². The van der Waals surface area contributed by atoms with Crippen molar-refractivity contribution in [2.45, 2.75) is 110 Å². The lowest BCUT2D eigenvalue weighted by Gasteiger charge is -2.21. The molecule has 1 aliphatic rings. The van der Waals surface area contributed by atoms with Crippen LogP contribution in [0.2, 0.25) is 0 Å². The molecule has 1 heteroatoms. The summed E-state index contributed by atoms with van der Waals surface area (Å²) in [4.78, 5) is 0. The van der Waals surface area contributed by atoms with Gasteiger partial charge in [0, 0.05) is 6.04 Å². The molecule has 0 bridgehead atoms. The van der Waals surface area contributed by atoms with E-state index in [-0.39, 0.29) is 0 Å². The summed E-state index contributed by atoms with van der Waals surface area (Å²) in [6.07, 6.45) is 20.2. The fourth-order valence-corrected chi connectivity index (χ4v) is 3.64. The number of hydrogen-bond donors (Lipinski definition) is 1. The van der Waals surface area contributed by atoms with Crippen LogP contribution in [-0.4, -0.2) is 12.6 Å². The molecule has 120 valence electrons. The molecule has 20 heavy (non-hydrogen) atoms. The number of rotatable bonds is 13. The number of unbranched alkanes of at least 4 members (excludes halogenated alkanes) is 7. The van der Waals surface area contributed by atoms with Crippen LogP contribution in [0.15, 0.2) is 0 Å². The minimum Gasteiger partial charge on any atom is -0.314 e. The van der Waals surface area contributed by atoms with Gasteiger partial charge in [0.25, 0.3) is 0 Å². The molecule has 1 aliphatic heterocycles. The van der Waals surface area contributed by atoms with Crippen LogP contribution in [0.4, 0.5) is 0 Å². The first-order valence-corrected chi connectivity index (χ1v) is 9.60. The largest absolute Gasteiger partial charge is 0.314 e. The molecule has 1 N–H and O–H groups in total. The summed E-state index contributed by atoms with van der Waals surface area (Å²) in [5.74, 6) is 1.00. The van der Waals surface area contributed by atoms with Gasteiger partial charge < -0.3 is 5.32 Å². The fourth-order valence-electron chi connectivity index (χ4n) is 3.64. The van der Waals surface area contributed by atoms with E-state index < -0.39 is 0 Å². The summed E-state index contributed by atoms with van der Waals surface area (Å²) in [7, 11) is 0. The number of nitrogens with one attached hydrogen (secondary N) is 1. The molecule has 2 atom stereocenters. The van der Waals surface area contributed by atoms with E-state index in [1.807, 2.05) is 0 Å². The van der Waals surface area contributed by atoms with E-state index in [2.05, 4.69) is 19.2 Å². The van der Waals surface area contributed by atoms with Gasteiger partial charge in [-0.15, -0.1) is 0 Å². The summed E-state index contributed by atoms with van der Waals surface area (Å²) in [5, 5.41) is 3.70. The molecule has 0 aromatic rings. The van der Waals surface area contributed by atoms with Crippen LogP contribution < -0.4 is 5.32 Å². The highest BCUT2D eigenvalue weighted by Gasteiger charge is 2.19. The van der Waals surface area contributed by atoms with Crippen molar-refractivity contribution in [3.05, 3.63) is 0 Å². The van der Waals surface area contributed by atoms with Crippen LogP contribution in [0, 0.1) is 5.92 Å². The third-order valence-electron chi connectivity index (χ3n) is 4.96. The Kier molecular flexibility index (Phi) is 11.4. The first-order chi connectivity index (χ1) is 9.86. The van der Waals surface area contributed by atoms with Crippen LogP contribution in [0.5, 0.6) is 0 Å². The molecule has 0 saturated carbocycles. The lowest BCUT2D eigenvalue weighted by atomic mass is 9.88. The molecule has 0 aromatic heterocycles. The second-order valence-corrected chi connectivity index (χ2v) is 6.95. The standard InChI is InChI=1S/C19H39N/c1-3-5-7-8-9-11-14-18(13-10-6-4-2)17-19-15-12-16-20-19/h18-20H,3-17H2,1-2H3/t18?,19-/m1/s1. The van der Waals surface area contributed by atoms with Crippen LogP contribution in [0.1, 0.15) is 104 Å². The zero-order valence-corrected chi connectivity index (χ0v) is 14.3. The maximum absolute atomic E-state index is 3.70. The van der Waals surface area contributed by atoms with E-state index in [0.29, 0.717) is 0 Å². The molecular formula is C19H39N. The fraction of sp³-hybridized carbons (Fsp3) is 1.00.